The molecule has 1 aromatic rings. The highest BCUT2D eigenvalue weighted by atomic mass is 32.2. The minimum absolute atomic E-state index is 0.179. The smallest absolute Gasteiger partial charge is 0.298 e. The van der Waals surface area contributed by atoms with Crippen LogP contribution >= 0.6 is 0 Å². The van der Waals surface area contributed by atoms with E-state index >= 15 is 0 Å². The number of hydrogen-bond donors (Lipinski definition) is 1. The van der Waals surface area contributed by atoms with Gasteiger partial charge in [-0.2, -0.15) is 13.2 Å². The van der Waals surface area contributed by atoms with Crippen LogP contribution in [0.4, 0.5) is 18.9 Å². The normalized spacial score (nSPS) is 13.8. The second-order valence-corrected chi connectivity index (χ2v) is 3.39. The zero-order valence-electron chi connectivity index (χ0n) is 6.34. The Morgan fingerprint density at radius 3 is 2.15 bits per heavy atom. The van der Waals surface area contributed by atoms with Gasteiger partial charge < -0.3 is 0 Å². The lowest BCUT2D eigenvalue weighted by Gasteiger charge is -2.07. The molecule has 0 aliphatic heterocycles. The molecule has 0 fully saturated rings. The number of anilines is 1. The van der Waals surface area contributed by atoms with Gasteiger partial charge >= 0.3 is 5.51 Å². The van der Waals surface area contributed by atoms with Gasteiger partial charge in [-0.15, -0.1) is 0 Å². The minimum atomic E-state index is -4.73. The van der Waals surface area contributed by atoms with E-state index in [-0.39, 0.29) is 5.69 Å². The lowest BCUT2D eigenvalue weighted by molar-refractivity contribution is -0.0379. The number of rotatable bonds is 2. The third-order valence-electron chi connectivity index (χ3n) is 1.19. The van der Waals surface area contributed by atoms with Gasteiger partial charge in [-0.1, -0.05) is 18.2 Å². The molecule has 0 saturated carbocycles. The SMILES string of the molecule is O=S(Nc1ccccc1)C(F)(F)F. The number of halogens is 3. The van der Waals surface area contributed by atoms with E-state index in [1.807, 2.05) is 4.72 Å². The van der Waals surface area contributed by atoms with Crippen LogP contribution in [0.1, 0.15) is 0 Å². The van der Waals surface area contributed by atoms with Gasteiger partial charge in [0.15, 0.2) is 0 Å². The van der Waals surface area contributed by atoms with Gasteiger partial charge in [-0.3, -0.25) is 4.72 Å². The molecule has 13 heavy (non-hydrogen) atoms. The summed E-state index contributed by atoms with van der Waals surface area (Å²) in [5.41, 5.74) is -4.55. The quantitative estimate of drug-likeness (QED) is 0.795. The maximum Gasteiger partial charge on any atom is 0.490 e. The molecule has 1 unspecified atom stereocenters. The predicted molar refractivity (Wildman–Crippen MR) is 44.3 cm³/mol. The van der Waals surface area contributed by atoms with Crippen molar-refractivity contribution in [1.82, 2.24) is 0 Å². The van der Waals surface area contributed by atoms with Crippen molar-refractivity contribution in [3.63, 3.8) is 0 Å². The molecule has 0 aromatic heterocycles. The summed E-state index contributed by atoms with van der Waals surface area (Å²) < 4.78 is 47.7. The van der Waals surface area contributed by atoms with E-state index < -0.39 is 16.5 Å². The van der Waals surface area contributed by atoms with Crippen LogP contribution in [0.25, 0.3) is 0 Å². The molecular weight excluding hydrogens is 203 g/mol. The molecule has 0 spiro atoms. The number of nitrogens with one attached hydrogen (secondary N) is 1. The van der Waals surface area contributed by atoms with Crippen LogP contribution in [0, 0.1) is 0 Å². The number of benzene rings is 1. The monoisotopic (exact) mass is 209 g/mol. The third kappa shape index (κ3) is 3.06. The van der Waals surface area contributed by atoms with E-state index in [1.165, 1.54) is 12.1 Å². The van der Waals surface area contributed by atoms with E-state index in [2.05, 4.69) is 0 Å². The molecule has 1 aromatic carbocycles. The van der Waals surface area contributed by atoms with E-state index in [0.717, 1.165) is 0 Å². The molecule has 2 nitrogen and oxygen atoms in total. The van der Waals surface area contributed by atoms with E-state index in [1.54, 1.807) is 18.2 Å². The van der Waals surface area contributed by atoms with Crippen molar-refractivity contribution in [2.75, 3.05) is 4.72 Å². The Balaban J connectivity index is 2.66. The Hall–Kier alpha value is -1.04. The van der Waals surface area contributed by atoms with E-state index in [0.29, 0.717) is 0 Å². The highest BCUT2D eigenvalue weighted by molar-refractivity contribution is 7.87. The average Bonchev–Trinajstić information content (AvgIpc) is 2.04. The summed E-state index contributed by atoms with van der Waals surface area (Å²) in [6.45, 7) is 0. The maximum absolute atomic E-state index is 11.8. The summed E-state index contributed by atoms with van der Waals surface area (Å²) in [5.74, 6) is 0. The summed E-state index contributed by atoms with van der Waals surface area (Å²) in [6, 6.07) is 7.57. The van der Waals surface area contributed by atoms with Crippen molar-refractivity contribution in [3.8, 4) is 0 Å². The Morgan fingerprint density at radius 1 is 1.15 bits per heavy atom. The topological polar surface area (TPSA) is 29.1 Å². The number of alkyl halides is 3. The lowest BCUT2D eigenvalue weighted by Crippen LogP contribution is -2.22. The van der Waals surface area contributed by atoms with Crippen molar-refractivity contribution < 1.29 is 17.4 Å². The largest absolute Gasteiger partial charge is 0.490 e. The van der Waals surface area contributed by atoms with Crippen molar-refractivity contribution in [2.24, 2.45) is 0 Å². The highest BCUT2D eigenvalue weighted by Gasteiger charge is 2.37. The number of hydrogen-bond acceptors (Lipinski definition) is 1. The molecule has 0 heterocycles. The molecule has 0 bridgehead atoms. The van der Waals surface area contributed by atoms with Crippen molar-refractivity contribution in [1.29, 1.82) is 0 Å². The summed E-state index contributed by atoms with van der Waals surface area (Å²) in [4.78, 5) is 0. The van der Waals surface area contributed by atoms with Crippen molar-refractivity contribution >= 4 is 16.7 Å². The first kappa shape index (κ1) is 10.0. The second kappa shape index (κ2) is 3.78. The van der Waals surface area contributed by atoms with E-state index in [9.17, 15) is 17.4 Å². The van der Waals surface area contributed by atoms with Gasteiger partial charge in [0.05, 0.1) is 0 Å². The molecule has 0 amide bonds. The van der Waals surface area contributed by atoms with Crippen LogP contribution in [0.5, 0.6) is 0 Å². The fraction of sp³-hybridized carbons (Fsp3) is 0.143. The van der Waals surface area contributed by atoms with Gasteiger partial charge in [0, 0.05) is 5.69 Å². The molecule has 0 aliphatic rings. The van der Waals surface area contributed by atoms with E-state index in [4.69, 9.17) is 0 Å². The van der Waals surface area contributed by atoms with Gasteiger partial charge in [-0.05, 0) is 12.1 Å². The molecule has 72 valence electrons. The summed E-state index contributed by atoms with van der Waals surface area (Å²) >= 11 is 0. The average molecular weight is 209 g/mol. The molecule has 1 atom stereocenters. The Labute approximate surface area is 75.4 Å². The minimum Gasteiger partial charge on any atom is -0.298 e. The molecule has 0 saturated heterocycles. The van der Waals surface area contributed by atoms with Crippen LogP contribution < -0.4 is 4.72 Å². The van der Waals surface area contributed by atoms with Gasteiger partial charge in [0.1, 0.15) is 0 Å². The first-order valence-corrected chi connectivity index (χ1v) is 4.45. The Bertz CT molecular complexity index is 298. The van der Waals surface area contributed by atoms with Crippen LogP contribution in [0.15, 0.2) is 30.3 Å². The molecular formula is C7H6F3NOS. The summed E-state index contributed by atoms with van der Waals surface area (Å²) in [5, 5.41) is 0. The van der Waals surface area contributed by atoms with Crippen LogP contribution in [-0.4, -0.2) is 9.72 Å². The second-order valence-electron chi connectivity index (χ2n) is 2.18. The predicted octanol–water partition coefficient (Wildman–Crippen LogP) is 2.28. The van der Waals surface area contributed by atoms with Crippen molar-refractivity contribution in [2.45, 2.75) is 5.51 Å². The maximum atomic E-state index is 11.8. The zero-order chi connectivity index (χ0) is 9.90. The summed E-state index contributed by atoms with van der Waals surface area (Å²) in [6.07, 6.45) is 0. The molecule has 1 N–H and O–H groups in total. The summed E-state index contributed by atoms with van der Waals surface area (Å²) in [7, 11) is -3.04. The lowest BCUT2D eigenvalue weighted by atomic mass is 10.3. The Kier molecular flexibility index (Phi) is 2.92. The van der Waals surface area contributed by atoms with Crippen LogP contribution in [-0.2, 0) is 11.0 Å². The molecule has 1 rings (SSSR count). The van der Waals surface area contributed by atoms with Crippen molar-refractivity contribution in [3.05, 3.63) is 30.3 Å². The van der Waals surface area contributed by atoms with Crippen LogP contribution in [0.2, 0.25) is 0 Å². The molecule has 0 aliphatic carbocycles. The first-order valence-electron chi connectivity index (χ1n) is 3.30. The molecule has 0 radical (unpaired) electrons. The number of para-hydroxylation sites is 1. The highest BCUT2D eigenvalue weighted by Crippen LogP contribution is 2.21. The first-order chi connectivity index (χ1) is 6.00. The standard InChI is InChI=1S/C7H6F3NOS/c8-7(9,10)13(12)11-6-4-2-1-3-5-6/h1-5,11H. The van der Waals surface area contributed by atoms with Gasteiger partial charge in [-0.25, -0.2) is 4.21 Å². The fourth-order valence-corrected chi connectivity index (χ4v) is 1.14. The van der Waals surface area contributed by atoms with Gasteiger partial charge in [0.25, 0.3) is 0 Å². The zero-order valence-corrected chi connectivity index (χ0v) is 7.15. The fourth-order valence-electron chi connectivity index (χ4n) is 0.671. The third-order valence-corrected chi connectivity index (χ3v) is 2.04. The van der Waals surface area contributed by atoms with Crippen LogP contribution in [0.3, 0.4) is 0 Å². The Morgan fingerprint density at radius 2 is 1.69 bits per heavy atom. The van der Waals surface area contributed by atoms with Gasteiger partial charge in [0.2, 0.25) is 11.0 Å². The molecule has 6 heteroatoms.